The molecule has 1 N–H and O–H groups in total. The number of benzene rings is 1. The molecule has 2 rings (SSSR count). The van der Waals surface area contributed by atoms with Gasteiger partial charge in [0.05, 0.1) is 16.9 Å². The molecule has 0 fully saturated rings. The van der Waals surface area contributed by atoms with Crippen molar-refractivity contribution >= 4 is 17.3 Å². The van der Waals surface area contributed by atoms with Crippen LogP contribution in [0.1, 0.15) is 29.8 Å². The molecule has 1 heterocycles. The lowest BCUT2D eigenvalue weighted by Gasteiger charge is -2.21. The highest BCUT2D eigenvalue weighted by Crippen LogP contribution is 2.35. The van der Waals surface area contributed by atoms with Gasteiger partial charge in [-0.2, -0.15) is 13.2 Å². The number of aryl methyl sites for hydroxylation is 1. The topological polar surface area (TPSA) is 24.9 Å². The van der Waals surface area contributed by atoms with Gasteiger partial charge in [-0.1, -0.05) is 29.8 Å². The van der Waals surface area contributed by atoms with Crippen LogP contribution in [0.5, 0.6) is 0 Å². The Hall–Kier alpha value is -1.75. The molecule has 2 nitrogen and oxygen atoms in total. The van der Waals surface area contributed by atoms with E-state index in [0.29, 0.717) is 16.5 Å². The van der Waals surface area contributed by atoms with Crippen molar-refractivity contribution in [3.05, 3.63) is 58.4 Å². The van der Waals surface area contributed by atoms with E-state index in [0.717, 1.165) is 6.07 Å². The fourth-order valence-corrected chi connectivity index (χ4v) is 2.32. The molecule has 21 heavy (non-hydrogen) atoms. The molecule has 112 valence electrons. The van der Waals surface area contributed by atoms with Crippen molar-refractivity contribution in [3.63, 3.8) is 0 Å². The number of halogens is 4. The maximum Gasteiger partial charge on any atom is 0.416 e. The molecule has 0 aliphatic heterocycles. The number of aromatic nitrogens is 1. The molecule has 0 aliphatic rings. The molecule has 0 aliphatic carbocycles. The molecule has 0 saturated heterocycles. The average Bonchev–Trinajstić information content (AvgIpc) is 2.41. The standard InChI is InChI=1S/C15H14ClF3N2/c1-9(20-13-7-8-14(16)21-10(13)2)11-5-3-4-6-12(11)15(17,18)19/h3-9,20H,1-2H3. The summed E-state index contributed by atoms with van der Waals surface area (Å²) in [7, 11) is 0. The average molecular weight is 315 g/mol. The van der Waals surface area contributed by atoms with Crippen molar-refractivity contribution < 1.29 is 13.2 Å². The lowest BCUT2D eigenvalue weighted by Crippen LogP contribution is -2.15. The zero-order chi connectivity index (χ0) is 15.6. The van der Waals surface area contributed by atoms with E-state index in [4.69, 9.17) is 11.6 Å². The molecule has 2 aromatic rings. The van der Waals surface area contributed by atoms with Crippen LogP contribution in [0.2, 0.25) is 5.15 Å². The Labute approximate surface area is 126 Å². The molecule has 0 bridgehead atoms. The van der Waals surface area contributed by atoms with Crippen LogP contribution in [0.4, 0.5) is 18.9 Å². The predicted molar refractivity (Wildman–Crippen MR) is 77.5 cm³/mol. The van der Waals surface area contributed by atoms with Gasteiger partial charge >= 0.3 is 6.18 Å². The second-order valence-corrected chi connectivity index (χ2v) is 5.11. The molecule has 0 spiro atoms. The number of alkyl halides is 3. The van der Waals surface area contributed by atoms with Crippen LogP contribution in [0.25, 0.3) is 0 Å². The van der Waals surface area contributed by atoms with E-state index in [2.05, 4.69) is 10.3 Å². The number of hydrogen-bond donors (Lipinski definition) is 1. The summed E-state index contributed by atoms with van der Waals surface area (Å²) in [5, 5.41) is 3.39. The zero-order valence-corrected chi connectivity index (χ0v) is 12.3. The van der Waals surface area contributed by atoms with E-state index in [1.165, 1.54) is 12.1 Å². The first-order valence-electron chi connectivity index (χ1n) is 6.35. The van der Waals surface area contributed by atoms with Gasteiger partial charge in [0.1, 0.15) is 5.15 Å². The summed E-state index contributed by atoms with van der Waals surface area (Å²) in [5.41, 5.74) is 0.853. The lowest BCUT2D eigenvalue weighted by atomic mass is 10.0. The van der Waals surface area contributed by atoms with Crippen LogP contribution in [0.15, 0.2) is 36.4 Å². The summed E-state index contributed by atoms with van der Waals surface area (Å²) in [6.07, 6.45) is -4.38. The molecule has 1 aromatic carbocycles. The first kappa shape index (κ1) is 15.6. The van der Waals surface area contributed by atoms with E-state index < -0.39 is 17.8 Å². The molecule has 0 radical (unpaired) electrons. The molecule has 1 unspecified atom stereocenters. The second-order valence-electron chi connectivity index (χ2n) is 4.72. The zero-order valence-electron chi connectivity index (χ0n) is 11.5. The van der Waals surface area contributed by atoms with E-state index in [9.17, 15) is 13.2 Å². The summed E-state index contributed by atoms with van der Waals surface area (Å²) < 4.78 is 39.1. The van der Waals surface area contributed by atoms with Crippen molar-refractivity contribution in [3.8, 4) is 0 Å². The molecule has 1 aromatic heterocycles. The Morgan fingerprint density at radius 1 is 1.14 bits per heavy atom. The third-order valence-corrected chi connectivity index (χ3v) is 3.37. The minimum Gasteiger partial charge on any atom is -0.377 e. The highest BCUT2D eigenvalue weighted by Gasteiger charge is 2.34. The second kappa shape index (κ2) is 5.93. The van der Waals surface area contributed by atoms with E-state index >= 15 is 0 Å². The van der Waals surface area contributed by atoms with Crippen molar-refractivity contribution in [1.29, 1.82) is 0 Å². The predicted octanol–water partition coefficient (Wildman–Crippen LogP) is 5.24. The van der Waals surface area contributed by atoms with Gasteiger partial charge in [0.25, 0.3) is 0 Å². The maximum atomic E-state index is 13.0. The molecule has 6 heteroatoms. The Morgan fingerprint density at radius 2 is 1.81 bits per heavy atom. The van der Waals surface area contributed by atoms with Gasteiger partial charge in [0.15, 0.2) is 0 Å². The Kier molecular flexibility index (Phi) is 4.42. The highest BCUT2D eigenvalue weighted by molar-refractivity contribution is 6.29. The smallest absolute Gasteiger partial charge is 0.377 e. The SMILES string of the molecule is Cc1nc(Cl)ccc1NC(C)c1ccccc1C(F)(F)F. The summed E-state index contributed by atoms with van der Waals surface area (Å²) >= 11 is 5.77. The lowest BCUT2D eigenvalue weighted by molar-refractivity contribution is -0.138. The van der Waals surface area contributed by atoms with Gasteiger partial charge in [-0.15, -0.1) is 0 Å². The van der Waals surface area contributed by atoms with Crippen molar-refractivity contribution in [2.24, 2.45) is 0 Å². The minimum absolute atomic E-state index is 0.194. The molecule has 0 amide bonds. The largest absolute Gasteiger partial charge is 0.416 e. The van der Waals surface area contributed by atoms with E-state index in [1.807, 2.05) is 0 Å². The number of nitrogens with one attached hydrogen (secondary N) is 1. The third kappa shape index (κ3) is 3.67. The maximum absolute atomic E-state index is 13.0. The molecular weight excluding hydrogens is 301 g/mol. The van der Waals surface area contributed by atoms with Gasteiger partial charge in [-0.3, -0.25) is 0 Å². The van der Waals surface area contributed by atoms with Gasteiger partial charge in [0, 0.05) is 6.04 Å². The fourth-order valence-electron chi connectivity index (χ4n) is 2.13. The number of rotatable bonds is 3. The van der Waals surface area contributed by atoms with E-state index in [1.54, 1.807) is 32.0 Å². The quantitative estimate of drug-likeness (QED) is 0.784. The van der Waals surface area contributed by atoms with Gasteiger partial charge in [-0.25, -0.2) is 4.98 Å². The molecular formula is C15H14ClF3N2. The number of anilines is 1. The molecule has 0 saturated carbocycles. The number of nitrogens with zero attached hydrogens (tertiary/aromatic N) is 1. The summed E-state index contributed by atoms with van der Waals surface area (Å²) in [6, 6.07) is 8.32. The minimum atomic E-state index is -4.38. The van der Waals surface area contributed by atoms with Crippen molar-refractivity contribution in [2.45, 2.75) is 26.1 Å². The first-order valence-corrected chi connectivity index (χ1v) is 6.72. The van der Waals surface area contributed by atoms with Crippen molar-refractivity contribution in [1.82, 2.24) is 4.98 Å². The van der Waals surface area contributed by atoms with Crippen LogP contribution < -0.4 is 5.32 Å². The Balaban J connectivity index is 2.31. The third-order valence-electron chi connectivity index (χ3n) is 3.16. The van der Waals surface area contributed by atoms with Crippen LogP contribution in [0.3, 0.4) is 0 Å². The van der Waals surface area contributed by atoms with E-state index in [-0.39, 0.29) is 5.56 Å². The fraction of sp³-hybridized carbons (Fsp3) is 0.267. The Morgan fingerprint density at radius 3 is 2.43 bits per heavy atom. The van der Waals surface area contributed by atoms with Crippen LogP contribution in [-0.4, -0.2) is 4.98 Å². The number of hydrogen-bond acceptors (Lipinski definition) is 2. The summed E-state index contributed by atoms with van der Waals surface area (Å²) in [5.74, 6) is 0. The summed E-state index contributed by atoms with van der Waals surface area (Å²) in [4.78, 5) is 4.07. The van der Waals surface area contributed by atoms with Crippen LogP contribution in [-0.2, 0) is 6.18 Å². The monoisotopic (exact) mass is 314 g/mol. The Bertz CT molecular complexity index is 641. The van der Waals surface area contributed by atoms with Gasteiger partial charge in [0.2, 0.25) is 0 Å². The molecule has 1 atom stereocenters. The van der Waals surface area contributed by atoms with Gasteiger partial charge < -0.3 is 5.32 Å². The highest BCUT2D eigenvalue weighted by atomic mass is 35.5. The van der Waals surface area contributed by atoms with Gasteiger partial charge in [-0.05, 0) is 37.6 Å². The van der Waals surface area contributed by atoms with Crippen LogP contribution in [0, 0.1) is 6.92 Å². The summed E-state index contributed by atoms with van der Waals surface area (Å²) in [6.45, 7) is 3.43. The van der Waals surface area contributed by atoms with Crippen LogP contribution >= 0.6 is 11.6 Å². The van der Waals surface area contributed by atoms with Crippen molar-refractivity contribution in [2.75, 3.05) is 5.32 Å². The first-order chi connectivity index (χ1) is 9.79. The number of pyridine rings is 1. The normalized spacial score (nSPS) is 13.0.